The second-order valence-electron chi connectivity index (χ2n) is 4.45. The number of fused-ring (bicyclic) bond motifs is 1. The van der Waals surface area contributed by atoms with Gasteiger partial charge in [0.15, 0.2) is 0 Å². The van der Waals surface area contributed by atoms with Gasteiger partial charge >= 0.3 is 0 Å². The zero-order chi connectivity index (χ0) is 13.2. The van der Waals surface area contributed by atoms with E-state index in [0.29, 0.717) is 17.7 Å². The van der Waals surface area contributed by atoms with Crippen LogP contribution in [0.5, 0.6) is 5.75 Å². The molecule has 0 aromatic heterocycles. The lowest BCUT2D eigenvalue weighted by Gasteiger charge is -2.09. The fourth-order valence-electron chi connectivity index (χ4n) is 2.22. The normalized spacial score (nSPS) is 15.7. The first kappa shape index (κ1) is 11.5. The van der Waals surface area contributed by atoms with Gasteiger partial charge in [0.1, 0.15) is 5.75 Å². The zero-order valence-corrected chi connectivity index (χ0v) is 10.3. The summed E-state index contributed by atoms with van der Waals surface area (Å²) in [7, 11) is 0. The maximum absolute atomic E-state index is 12.1. The molecule has 0 saturated heterocycles. The zero-order valence-electron chi connectivity index (χ0n) is 10.3. The Bertz CT molecular complexity index is 663. The number of hydrogen-bond acceptors (Lipinski definition) is 2. The molecule has 0 heterocycles. The number of hydrogen-bond donors (Lipinski definition) is 2. The van der Waals surface area contributed by atoms with Crippen molar-refractivity contribution in [2.24, 2.45) is 0 Å². The van der Waals surface area contributed by atoms with E-state index in [0.717, 1.165) is 11.1 Å². The van der Waals surface area contributed by atoms with Crippen LogP contribution in [0.2, 0.25) is 0 Å². The summed E-state index contributed by atoms with van der Waals surface area (Å²) < 4.78 is 0. The van der Waals surface area contributed by atoms with Crippen molar-refractivity contribution >= 4 is 5.91 Å². The number of carbonyl (C=O) groups excluding carboxylic acids is 1. The maximum atomic E-state index is 12.1. The molecular weight excluding hydrogens is 238 g/mol. The predicted octanol–water partition coefficient (Wildman–Crippen LogP) is 2.37. The van der Waals surface area contributed by atoms with E-state index < -0.39 is 0 Å². The molecule has 2 N–H and O–H groups in total. The summed E-state index contributed by atoms with van der Waals surface area (Å²) in [5.74, 6) is 0.0771. The van der Waals surface area contributed by atoms with Crippen molar-refractivity contribution in [3.63, 3.8) is 0 Å². The van der Waals surface area contributed by atoms with E-state index >= 15 is 0 Å². The predicted molar refractivity (Wildman–Crippen MR) is 73.3 cm³/mol. The molecule has 3 heteroatoms. The minimum Gasteiger partial charge on any atom is -0.508 e. The van der Waals surface area contributed by atoms with Gasteiger partial charge in [-0.2, -0.15) is 0 Å². The number of phenols is 1. The Morgan fingerprint density at radius 1 is 1.16 bits per heavy atom. The molecule has 0 atom stereocenters. The summed E-state index contributed by atoms with van der Waals surface area (Å²) in [6.07, 6.45) is 9.61. The largest absolute Gasteiger partial charge is 0.508 e. The molecule has 1 amide bonds. The summed E-state index contributed by atoms with van der Waals surface area (Å²) in [5, 5.41) is 12.5. The highest BCUT2D eigenvalue weighted by Gasteiger charge is 2.21. The molecule has 2 aliphatic rings. The Kier molecular flexibility index (Phi) is 2.80. The topological polar surface area (TPSA) is 49.3 Å². The fourth-order valence-corrected chi connectivity index (χ4v) is 2.22. The standard InChI is InChI=1S/C16H13NO2/c18-15-7-2-1-4-12(15)10-17-16(19)14-9-8-11-5-3-6-13(11)14/h1-9,18H,10H2,(H,17,19). The van der Waals surface area contributed by atoms with Gasteiger partial charge in [0, 0.05) is 17.7 Å². The number of carbonyl (C=O) groups is 1. The van der Waals surface area contributed by atoms with Crippen LogP contribution in [-0.4, -0.2) is 11.0 Å². The molecular formula is C16H13NO2. The number of para-hydroxylation sites is 1. The highest BCUT2D eigenvalue weighted by atomic mass is 16.3. The third-order valence-electron chi connectivity index (χ3n) is 3.25. The van der Waals surface area contributed by atoms with E-state index in [-0.39, 0.29) is 11.7 Å². The number of nitrogens with one attached hydrogen (secondary N) is 1. The summed E-state index contributed by atoms with van der Waals surface area (Å²) in [4.78, 5) is 12.1. The van der Waals surface area contributed by atoms with Crippen LogP contribution in [-0.2, 0) is 11.3 Å². The van der Waals surface area contributed by atoms with Crippen molar-refractivity contribution in [3.8, 4) is 5.75 Å². The van der Waals surface area contributed by atoms with Crippen LogP contribution in [0.25, 0.3) is 0 Å². The number of rotatable bonds is 3. The minimum atomic E-state index is -0.121. The number of phenolic OH excluding ortho intramolecular Hbond substituents is 1. The van der Waals surface area contributed by atoms with Crippen molar-refractivity contribution in [2.45, 2.75) is 6.54 Å². The van der Waals surface area contributed by atoms with Gasteiger partial charge in [-0.25, -0.2) is 0 Å². The van der Waals surface area contributed by atoms with Crippen molar-refractivity contribution in [1.82, 2.24) is 5.32 Å². The Morgan fingerprint density at radius 2 is 2.00 bits per heavy atom. The van der Waals surface area contributed by atoms with Crippen molar-refractivity contribution in [2.75, 3.05) is 0 Å². The van der Waals surface area contributed by atoms with Crippen LogP contribution in [0.3, 0.4) is 0 Å². The number of allylic oxidation sites excluding steroid dienone is 6. The minimum absolute atomic E-state index is 0.121. The SMILES string of the molecule is O=C(NCc1ccccc1O)C1=CC=C2C=CC=C21. The van der Waals surface area contributed by atoms with Crippen LogP contribution in [0, 0.1) is 0 Å². The van der Waals surface area contributed by atoms with Gasteiger partial charge < -0.3 is 10.4 Å². The van der Waals surface area contributed by atoms with Crippen LogP contribution < -0.4 is 5.32 Å². The third-order valence-corrected chi connectivity index (χ3v) is 3.25. The van der Waals surface area contributed by atoms with Gasteiger partial charge in [0.2, 0.25) is 0 Å². The molecule has 94 valence electrons. The van der Waals surface area contributed by atoms with Gasteiger partial charge in [0.25, 0.3) is 5.91 Å². The molecule has 19 heavy (non-hydrogen) atoms. The molecule has 3 nitrogen and oxygen atoms in total. The van der Waals surface area contributed by atoms with E-state index in [1.165, 1.54) is 0 Å². The maximum Gasteiger partial charge on any atom is 0.252 e. The molecule has 0 radical (unpaired) electrons. The van der Waals surface area contributed by atoms with Crippen LogP contribution in [0.1, 0.15) is 5.56 Å². The highest BCUT2D eigenvalue weighted by Crippen LogP contribution is 2.31. The van der Waals surface area contributed by atoms with Gasteiger partial charge in [-0.05, 0) is 23.3 Å². The summed E-state index contributed by atoms with van der Waals surface area (Å²) in [6.45, 7) is 0.318. The van der Waals surface area contributed by atoms with Crippen molar-refractivity contribution in [1.29, 1.82) is 0 Å². The molecule has 0 aliphatic heterocycles. The van der Waals surface area contributed by atoms with Gasteiger partial charge in [-0.15, -0.1) is 0 Å². The summed E-state index contributed by atoms with van der Waals surface area (Å²) >= 11 is 0. The lowest BCUT2D eigenvalue weighted by Crippen LogP contribution is -2.24. The van der Waals surface area contributed by atoms with E-state index in [2.05, 4.69) is 5.32 Å². The van der Waals surface area contributed by atoms with Gasteiger partial charge in [-0.3, -0.25) is 4.79 Å². The summed E-state index contributed by atoms with van der Waals surface area (Å²) in [5.41, 5.74) is 3.43. The van der Waals surface area contributed by atoms with Crippen molar-refractivity contribution in [3.05, 3.63) is 76.9 Å². The van der Waals surface area contributed by atoms with E-state index in [4.69, 9.17) is 0 Å². The molecule has 1 aromatic rings. The van der Waals surface area contributed by atoms with E-state index in [1.54, 1.807) is 18.2 Å². The Hall–Kier alpha value is -2.55. The van der Waals surface area contributed by atoms with Crippen LogP contribution in [0.4, 0.5) is 0 Å². The monoisotopic (exact) mass is 251 g/mol. The van der Waals surface area contributed by atoms with Crippen LogP contribution >= 0.6 is 0 Å². The number of amides is 1. The average molecular weight is 251 g/mol. The smallest absolute Gasteiger partial charge is 0.252 e. The molecule has 0 bridgehead atoms. The molecule has 3 rings (SSSR count). The lowest BCUT2D eigenvalue weighted by atomic mass is 10.1. The summed E-state index contributed by atoms with van der Waals surface area (Å²) in [6, 6.07) is 6.99. The average Bonchev–Trinajstić information content (AvgIpc) is 2.99. The van der Waals surface area contributed by atoms with Crippen molar-refractivity contribution < 1.29 is 9.90 Å². The first-order valence-corrected chi connectivity index (χ1v) is 6.12. The van der Waals surface area contributed by atoms with Crippen LogP contribution in [0.15, 0.2) is 71.4 Å². The van der Waals surface area contributed by atoms with E-state index in [9.17, 15) is 9.90 Å². The number of benzene rings is 1. The highest BCUT2D eigenvalue weighted by molar-refractivity contribution is 6.01. The van der Waals surface area contributed by atoms with Gasteiger partial charge in [0.05, 0.1) is 0 Å². The Balaban J connectivity index is 1.66. The second kappa shape index (κ2) is 4.61. The Labute approximate surface area is 111 Å². The molecule has 0 fully saturated rings. The second-order valence-corrected chi connectivity index (χ2v) is 4.45. The first-order valence-electron chi connectivity index (χ1n) is 6.12. The first-order chi connectivity index (χ1) is 9.25. The Morgan fingerprint density at radius 3 is 2.84 bits per heavy atom. The lowest BCUT2D eigenvalue weighted by molar-refractivity contribution is -0.117. The fraction of sp³-hybridized carbons (Fsp3) is 0.0625. The van der Waals surface area contributed by atoms with E-state index in [1.807, 2.05) is 36.4 Å². The van der Waals surface area contributed by atoms with Gasteiger partial charge in [-0.1, -0.05) is 42.5 Å². The quantitative estimate of drug-likeness (QED) is 0.866. The number of aromatic hydroxyl groups is 1. The molecule has 0 unspecified atom stereocenters. The molecule has 2 aliphatic carbocycles. The molecule has 1 aromatic carbocycles. The third kappa shape index (κ3) is 2.10. The molecule has 0 saturated carbocycles. The molecule has 0 spiro atoms.